The van der Waals surface area contributed by atoms with Gasteiger partial charge in [-0.15, -0.1) is 11.3 Å². The molecule has 0 radical (unpaired) electrons. The summed E-state index contributed by atoms with van der Waals surface area (Å²) in [6.45, 7) is 3.88. The highest BCUT2D eigenvalue weighted by molar-refractivity contribution is 7.11. The van der Waals surface area contributed by atoms with Crippen LogP contribution in [0.5, 0.6) is 0 Å². The maximum absolute atomic E-state index is 12.2. The Morgan fingerprint density at radius 3 is 2.67 bits per heavy atom. The van der Waals surface area contributed by atoms with Crippen LogP contribution in [-0.2, 0) is 4.79 Å². The maximum atomic E-state index is 12.2. The second kappa shape index (κ2) is 4.80. The number of carboxylic acids is 1. The highest BCUT2D eigenvalue weighted by atomic mass is 32.1. The van der Waals surface area contributed by atoms with E-state index in [1.165, 1.54) is 11.3 Å². The summed E-state index contributed by atoms with van der Waals surface area (Å²) >= 11 is 1.35. The highest BCUT2D eigenvalue weighted by Gasteiger charge is 2.43. The Labute approximate surface area is 110 Å². The number of carboxylic acid groups (broad SMARTS) is 1. The van der Waals surface area contributed by atoms with E-state index in [0.717, 1.165) is 0 Å². The minimum Gasteiger partial charge on any atom is -0.481 e. The number of Topliss-reactive ketones (excluding diaryl/α,β-unsaturated/α-hetero) is 1. The third-order valence-corrected chi connectivity index (χ3v) is 4.62. The SMILES string of the molecule is CC1(C)CC(C(=O)c2nccs2)CCC1C(=O)O. The number of thiazole rings is 1. The number of ketones is 1. The number of rotatable bonds is 3. The van der Waals surface area contributed by atoms with Crippen LogP contribution in [0.3, 0.4) is 0 Å². The van der Waals surface area contributed by atoms with Gasteiger partial charge in [-0.2, -0.15) is 0 Å². The highest BCUT2D eigenvalue weighted by Crippen LogP contribution is 2.44. The van der Waals surface area contributed by atoms with Crippen LogP contribution in [0, 0.1) is 17.3 Å². The van der Waals surface area contributed by atoms with Crippen LogP contribution in [-0.4, -0.2) is 21.8 Å². The predicted octanol–water partition coefficient (Wildman–Crippen LogP) is 2.85. The lowest BCUT2D eigenvalue weighted by Crippen LogP contribution is -2.39. The number of nitrogens with zero attached hydrogens (tertiary/aromatic N) is 1. The van der Waals surface area contributed by atoms with E-state index in [-0.39, 0.29) is 23.0 Å². The molecule has 2 atom stereocenters. The molecule has 1 saturated carbocycles. The first-order chi connectivity index (χ1) is 8.42. The van der Waals surface area contributed by atoms with Gasteiger partial charge in [0.1, 0.15) is 0 Å². The molecular weight excluding hydrogens is 250 g/mol. The summed E-state index contributed by atoms with van der Waals surface area (Å²) in [5, 5.41) is 11.5. The van der Waals surface area contributed by atoms with Crippen LogP contribution < -0.4 is 0 Å². The third-order valence-electron chi connectivity index (χ3n) is 3.83. The predicted molar refractivity (Wildman–Crippen MR) is 68.7 cm³/mol. The molecule has 1 aromatic rings. The number of hydrogen-bond acceptors (Lipinski definition) is 4. The van der Waals surface area contributed by atoms with Gasteiger partial charge in [-0.3, -0.25) is 9.59 Å². The van der Waals surface area contributed by atoms with Gasteiger partial charge in [0.25, 0.3) is 0 Å². The Hall–Kier alpha value is -1.23. The van der Waals surface area contributed by atoms with Crippen molar-refractivity contribution in [3.8, 4) is 0 Å². The fourth-order valence-corrected chi connectivity index (χ4v) is 3.49. The summed E-state index contributed by atoms with van der Waals surface area (Å²) in [6.07, 6.45) is 3.48. The van der Waals surface area contributed by atoms with Crippen molar-refractivity contribution in [2.45, 2.75) is 33.1 Å². The monoisotopic (exact) mass is 267 g/mol. The second-order valence-corrected chi connectivity index (χ2v) is 6.45. The molecule has 2 unspecified atom stereocenters. The van der Waals surface area contributed by atoms with Crippen molar-refractivity contribution < 1.29 is 14.7 Å². The van der Waals surface area contributed by atoms with Gasteiger partial charge in [-0.05, 0) is 24.7 Å². The molecular formula is C13H17NO3S. The van der Waals surface area contributed by atoms with Gasteiger partial charge in [0.15, 0.2) is 10.8 Å². The fourth-order valence-electron chi connectivity index (χ4n) is 2.84. The van der Waals surface area contributed by atoms with Crippen LogP contribution in [0.1, 0.15) is 42.9 Å². The molecule has 1 fully saturated rings. The Bertz CT molecular complexity index is 453. The lowest BCUT2D eigenvalue weighted by molar-refractivity contribution is -0.148. The molecule has 2 rings (SSSR count). The van der Waals surface area contributed by atoms with Gasteiger partial charge in [0.05, 0.1) is 5.92 Å². The van der Waals surface area contributed by atoms with Crippen molar-refractivity contribution in [3.05, 3.63) is 16.6 Å². The van der Waals surface area contributed by atoms with Crippen LogP contribution in [0.4, 0.5) is 0 Å². The van der Waals surface area contributed by atoms with Crippen molar-refractivity contribution in [2.24, 2.45) is 17.3 Å². The third kappa shape index (κ3) is 2.46. The molecule has 98 valence electrons. The largest absolute Gasteiger partial charge is 0.481 e. The fraction of sp³-hybridized carbons (Fsp3) is 0.615. The summed E-state index contributed by atoms with van der Waals surface area (Å²) in [7, 11) is 0. The van der Waals surface area contributed by atoms with E-state index in [0.29, 0.717) is 24.3 Å². The topological polar surface area (TPSA) is 67.3 Å². The zero-order valence-corrected chi connectivity index (χ0v) is 11.4. The average Bonchev–Trinajstić information content (AvgIpc) is 2.79. The molecule has 1 heterocycles. The molecule has 4 nitrogen and oxygen atoms in total. The molecule has 1 aliphatic rings. The summed E-state index contributed by atoms with van der Waals surface area (Å²) in [5.74, 6) is -1.11. The van der Waals surface area contributed by atoms with Crippen LogP contribution in [0.2, 0.25) is 0 Å². The van der Waals surface area contributed by atoms with Crippen LogP contribution in [0.25, 0.3) is 0 Å². The minimum atomic E-state index is -0.750. The molecule has 0 spiro atoms. The van der Waals surface area contributed by atoms with Gasteiger partial charge in [-0.1, -0.05) is 13.8 Å². The Morgan fingerprint density at radius 2 is 2.17 bits per heavy atom. The second-order valence-electron chi connectivity index (χ2n) is 5.56. The number of hydrogen-bond donors (Lipinski definition) is 1. The van der Waals surface area contributed by atoms with Gasteiger partial charge in [-0.25, -0.2) is 4.98 Å². The van der Waals surface area contributed by atoms with E-state index in [1.807, 2.05) is 13.8 Å². The van der Waals surface area contributed by atoms with E-state index in [9.17, 15) is 14.7 Å². The van der Waals surface area contributed by atoms with E-state index < -0.39 is 5.97 Å². The number of carbonyl (C=O) groups is 2. The molecule has 1 N–H and O–H groups in total. The van der Waals surface area contributed by atoms with Crippen molar-refractivity contribution >= 4 is 23.1 Å². The molecule has 0 saturated heterocycles. The van der Waals surface area contributed by atoms with Crippen LogP contribution in [0.15, 0.2) is 11.6 Å². The maximum Gasteiger partial charge on any atom is 0.307 e. The number of aliphatic carboxylic acids is 1. The van der Waals surface area contributed by atoms with Crippen molar-refractivity contribution in [2.75, 3.05) is 0 Å². The molecule has 18 heavy (non-hydrogen) atoms. The summed E-state index contributed by atoms with van der Waals surface area (Å²) in [5.41, 5.74) is -0.332. The summed E-state index contributed by atoms with van der Waals surface area (Å²) in [4.78, 5) is 27.5. The van der Waals surface area contributed by atoms with Gasteiger partial charge < -0.3 is 5.11 Å². The Kier molecular flexibility index (Phi) is 3.52. The molecule has 0 aromatic carbocycles. The van der Waals surface area contributed by atoms with E-state index in [2.05, 4.69) is 4.98 Å². The van der Waals surface area contributed by atoms with Crippen molar-refractivity contribution in [1.29, 1.82) is 0 Å². The normalized spacial score (nSPS) is 26.8. The van der Waals surface area contributed by atoms with Gasteiger partial charge in [0, 0.05) is 17.5 Å². The molecule has 0 aliphatic heterocycles. The molecule has 0 bridgehead atoms. The molecule has 1 aromatic heterocycles. The Morgan fingerprint density at radius 1 is 1.44 bits per heavy atom. The molecule has 5 heteroatoms. The van der Waals surface area contributed by atoms with Gasteiger partial charge >= 0.3 is 5.97 Å². The lowest BCUT2D eigenvalue weighted by atomic mass is 9.64. The number of aromatic nitrogens is 1. The first-order valence-corrected chi connectivity index (χ1v) is 6.96. The van der Waals surface area contributed by atoms with Crippen molar-refractivity contribution in [1.82, 2.24) is 4.98 Å². The first-order valence-electron chi connectivity index (χ1n) is 6.08. The smallest absolute Gasteiger partial charge is 0.307 e. The standard InChI is InChI=1S/C13H17NO3S/c1-13(2)7-8(3-4-9(13)12(16)17)10(15)11-14-5-6-18-11/h5-6,8-9H,3-4,7H2,1-2H3,(H,16,17). The zero-order valence-electron chi connectivity index (χ0n) is 10.5. The first kappa shape index (κ1) is 13.2. The quantitative estimate of drug-likeness (QED) is 0.855. The molecule has 1 aliphatic carbocycles. The number of carbonyl (C=O) groups excluding carboxylic acids is 1. The van der Waals surface area contributed by atoms with E-state index in [4.69, 9.17) is 0 Å². The minimum absolute atomic E-state index is 0.0712. The van der Waals surface area contributed by atoms with E-state index in [1.54, 1.807) is 11.6 Å². The lowest BCUT2D eigenvalue weighted by Gasteiger charge is -2.39. The van der Waals surface area contributed by atoms with Crippen LogP contribution >= 0.6 is 11.3 Å². The van der Waals surface area contributed by atoms with E-state index >= 15 is 0 Å². The van der Waals surface area contributed by atoms with Crippen molar-refractivity contribution in [3.63, 3.8) is 0 Å². The van der Waals surface area contributed by atoms with Gasteiger partial charge in [0.2, 0.25) is 0 Å². The summed E-state index contributed by atoms with van der Waals surface area (Å²) in [6, 6.07) is 0. The Balaban J connectivity index is 2.11. The average molecular weight is 267 g/mol. The molecule has 0 amide bonds. The zero-order chi connectivity index (χ0) is 13.3. The summed E-state index contributed by atoms with van der Waals surface area (Å²) < 4.78 is 0.